The van der Waals surface area contributed by atoms with Gasteiger partial charge in [0.05, 0.1) is 0 Å². The van der Waals surface area contributed by atoms with Crippen molar-refractivity contribution >= 4 is 16.6 Å². The molecule has 2 nitrogen and oxygen atoms in total. The number of allylic oxidation sites excluding steroid dienone is 1. The van der Waals surface area contributed by atoms with Crippen LogP contribution in [0.25, 0.3) is 0 Å². The normalized spacial score (nSPS) is 36.8. The molecule has 0 spiro atoms. The first-order valence-corrected chi connectivity index (χ1v) is 24.5. The quantitative estimate of drug-likeness (QED) is 0.177. The van der Waals surface area contributed by atoms with Gasteiger partial charge in [0.15, 0.2) is 16.6 Å². The molecule has 0 amide bonds. The van der Waals surface area contributed by atoms with Crippen LogP contribution in [-0.2, 0) is 8.85 Å². The standard InChI is InChI=1S/C39H74O2Si2/c1-28(27-40-42(11,12)36(3,4)5)16-15-17-29(2)33-20-21-34-32-19-18-30-26-31(41-43(13,14)37(6,7)8)22-24-38(30,9)35(32)23-25-39(33,34)10/h18,28-29,31-35H,15-17,19-27H2,1-14H3/t28-,29-,31+,32+,33-,34+,35+,38+,39-/m1/s1. The minimum absolute atomic E-state index is 0.293. The molecule has 0 saturated heterocycles. The third-order valence-electron chi connectivity index (χ3n) is 15.0. The molecular formula is C39H74O2Si2. The van der Waals surface area contributed by atoms with Gasteiger partial charge in [0, 0.05) is 12.7 Å². The lowest BCUT2D eigenvalue weighted by Crippen LogP contribution is -2.52. The molecule has 3 saturated carbocycles. The summed E-state index contributed by atoms with van der Waals surface area (Å²) in [5, 5.41) is 0.599. The van der Waals surface area contributed by atoms with E-state index in [2.05, 4.69) is 102 Å². The van der Waals surface area contributed by atoms with Crippen LogP contribution < -0.4 is 0 Å². The molecule has 0 unspecified atom stereocenters. The van der Waals surface area contributed by atoms with E-state index in [0.717, 1.165) is 36.2 Å². The SMILES string of the molecule is C[C@H](CCC[C@@H](C)[C@H]1CC[C@H]2[C@@H]3CC=C4C[C@@H](O[Si](C)(C)C(C)(C)C)CC[C@]4(C)[C@H]3CC[C@]12C)CO[Si](C)(C)C(C)(C)C. The Bertz CT molecular complexity index is 986. The van der Waals surface area contributed by atoms with Crippen LogP contribution in [0.5, 0.6) is 0 Å². The van der Waals surface area contributed by atoms with E-state index in [1.54, 1.807) is 5.57 Å². The zero-order chi connectivity index (χ0) is 32.2. The highest BCUT2D eigenvalue weighted by Gasteiger charge is 2.59. The Morgan fingerprint density at radius 2 is 1.49 bits per heavy atom. The first-order valence-electron chi connectivity index (χ1n) is 18.6. The topological polar surface area (TPSA) is 18.5 Å². The van der Waals surface area contributed by atoms with Gasteiger partial charge in [-0.15, -0.1) is 0 Å². The van der Waals surface area contributed by atoms with Crippen molar-refractivity contribution in [3.05, 3.63) is 11.6 Å². The summed E-state index contributed by atoms with van der Waals surface area (Å²) >= 11 is 0. The van der Waals surface area contributed by atoms with Crippen molar-refractivity contribution in [2.24, 2.45) is 46.3 Å². The molecule has 0 N–H and O–H groups in total. The van der Waals surface area contributed by atoms with E-state index in [9.17, 15) is 0 Å². The van der Waals surface area contributed by atoms with Gasteiger partial charge in [0.25, 0.3) is 0 Å². The number of rotatable bonds is 10. The zero-order valence-corrected chi connectivity index (χ0v) is 33.4. The van der Waals surface area contributed by atoms with Crippen LogP contribution >= 0.6 is 0 Å². The van der Waals surface area contributed by atoms with Gasteiger partial charge in [0.2, 0.25) is 0 Å². The maximum Gasteiger partial charge on any atom is 0.192 e. The predicted octanol–water partition coefficient (Wildman–Crippen LogP) is 12.4. The van der Waals surface area contributed by atoms with E-state index in [-0.39, 0.29) is 0 Å². The molecule has 0 aromatic carbocycles. The summed E-state index contributed by atoms with van der Waals surface area (Å²) in [6.45, 7) is 35.3. The third-order valence-corrected chi connectivity index (χ3v) is 24.0. The third kappa shape index (κ3) is 7.18. The average Bonchev–Trinajstić information content (AvgIpc) is 3.23. The minimum atomic E-state index is -1.72. The minimum Gasteiger partial charge on any atom is -0.417 e. The fourth-order valence-electron chi connectivity index (χ4n) is 9.94. The molecule has 0 aromatic rings. The second-order valence-corrected chi connectivity index (χ2v) is 29.4. The zero-order valence-electron chi connectivity index (χ0n) is 31.4. The fourth-order valence-corrected chi connectivity index (χ4v) is 12.5. The highest BCUT2D eigenvalue weighted by atomic mass is 28.4. The van der Waals surface area contributed by atoms with Crippen molar-refractivity contribution in [1.82, 2.24) is 0 Å². The summed E-state index contributed by atoms with van der Waals surface area (Å²) in [5.41, 5.74) is 2.76. The highest BCUT2D eigenvalue weighted by molar-refractivity contribution is 6.74. The molecule has 0 bridgehead atoms. The molecule has 250 valence electrons. The Morgan fingerprint density at radius 3 is 2.12 bits per heavy atom. The molecule has 4 aliphatic carbocycles. The predicted molar refractivity (Wildman–Crippen MR) is 193 cm³/mol. The smallest absolute Gasteiger partial charge is 0.192 e. The molecule has 9 atom stereocenters. The summed E-state index contributed by atoms with van der Waals surface area (Å²) in [5.74, 6) is 5.20. The molecule has 4 rings (SSSR count). The van der Waals surface area contributed by atoms with Crippen LogP contribution in [-0.4, -0.2) is 29.3 Å². The summed E-state index contributed by atoms with van der Waals surface area (Å²) < 4.78 is 13.5. The van der Waals surface area contributed by atoms with Crippen molar-refractivity contribution in [1.29, 1.82) is 0 Å². The Hall–Kier alpha value is 0.0938. The van der Waals surface area contributed by atoms with Crippen molar-refractivity contribution in [3.8, 4) is 0 Å². The summed E-state index contributed by atoms with van der Waals surface area (Å²) in [7, 11) is -3.36. The highest BCUT2D eigenvalue weighted by Crippen LogP contribution is 2.67. The van der Waals surface area contributed by atoms with Crippen LogP contribution in [0.1, 0.15) is 140 Å². The Labute approximate surface area is 271 Å². The van der Waals surface area contributed by atoms with E-state index in [1.165, 1.54) is 70.6 Å². The number of hydrogen-bond donors (Lipinski definition) is 0. The van der Waals surface area contributed by atoms with Gasteiger partial charge >= 0.3 is 0 Å². The maximum atomic E-state index is 6.98. The van der Waals surface area contributed by atoms with E-state index in [4.69, 9.17) is 8.85 Å². The van der Waals surface area contributed by atoms with Crippen LogP contribution in [0.15, 0.2) is 11.6 Å². The first kappa shape index (κ1) is 35.9. The van der Waals surface area contributed by atoms with Crippen molar-refractivity contribution < 1.29 is 8.85 Å². The first-order chi connectivity index (χ1) is 19.6. The van der Waals surface area contributed by atoms with Crippen molar-refractivity contribution in [2.45, 2.75) is 182 Å². The van der Waals surface area contributed by atoms with Crippen LogP contribution in [0.2, 0.25) is 36.3 Å². The van der Waals surface area contributed by atoms with Gasteiger partial charge in [-0.25, -0.2) is 0 Å². The lowest BCUT2D eigenvalue weighted by Gasteiger charge is -2.59. The maximum absolute atomic E-state index is 6.98. The van der Waals surface area contributed by atoms with Crippen LogP contribution in [0.3, 0.4) is 0 Å². The van der Waals surface area contributed by atoms with E-state index >= 15 is 0 Å². The molecule has 4 heteroatoms. The van der Waals surface area contributed by atoms with Gasteiger partial charge in [-0.1, -0.05) is 93.7 Å². The molecule has 3 fully saturated rings. The van der Waals surface area contributed by atoms with Crippen molar-refractivity contribution in [3.63, 3.8) is 0 Å². The molecule has 0 heterocycles. The molecule has 4 aliphatic rings. The van der Waals surface area contributed by atoms with Gasteiger partial charge in [-0.3, -0.25) is 0 Å². The summed E-state index contributed by atoms with van der Waals surface area (Å²) in [4.78, 5) is 0. The van der Waals surface area contributed by atoms with E-state index < -0.39 is 16.6 Å². The van der Waals surface area contributed by atoms with Crippen LogP contribution in [0, 0.1) is 46.3 Å². The van der Waals surface area contributed by atoms with Gasteiger partial charge in [-0.2, -0.15) is 0 Å². The van der Waals surface area contributed by atoms with Gasteiger partial charge in [0.1, 0.15) is 0 Å². The lowest BCUT2D eigenvalue weighted by atomic mass is 9.47. The lowest BCUT2D eigenvalue weighted by molar-refractivity contribution is -0.0565. The fraction of sp³-hybridized carbons (Fsp3) is 0.949. The monoisotopic (exact) mass is 631 g/mol. The largest absolute Gasteiger partial charge is 0.417 e. The molecule has 43 heavy (non-hydrogen) atoms. The second kappa shape index (κ2) is 12.6. The Kier molecular flexibility index (Phi) is 10.5. The average molecular weight is 631 g/mol. The van der Waals surface area contributed by atoms with Crippen molar-refractivity contribution in [2.75, 3.05) is 6.61 Å². The second-order valence-electron chi connectivity index (χ2n) is 19.8. The number of hydrogen-bond acceptors (Lipinski definition) is 2. The Balaban J connectivity index is 1.33. The summed E-state index contributed by atoms with van der Waals surface area (Å²) in [6, 6.07) is 0. The van der Waals surface area contributed by atoms with Crippen LogP contribution in [0.4, 0.5) is 0 Å². The van der Waals surface area contributed by atoms with E-state index in [0.29, 0.717) is 32.9 Å². The van der Waals surface area contributed by atoms with E-state index in [1.807, 2.05) is 0 Å². The molecule has 0 radical (unpaired) electrons. The molecule has 0 aromatic heterocycles. The summed E-state index contributed by atoms with van der Waals surface area (Å²) in [6.07, 6.45) is 18.3. The molecule has 0 aliphatic heterocycles. The van der Waals surface area contributed by atoms with Gasteiger partial charge < -0.3 is 8.85 Å². The van der Waals surface area contributed by atoms with Gasteiger partial charge in [-0.05, 0) is 140 Å². The molecular weight excluding hydrogens is 557 g/mol. The number of fused-ring (bicyclic) bond motifs is 5. The Morgan fingerprint density at radius 1 is 0.837 bits per heavy atom.